The van der Waals surface area contributed by atoms with E-state index in [0.29, 0.717) is 18.4 Å². The standard InChI is InChI=1S/C35H38NO4P.CH4O3S/c37-32-26-28(27-33(38)35(32)40)22-23-34(39)36-24-14-3-1-2-4-15-25-41(29-16-8-5-9-17-29,30-18-10-6-11-19-30)31-20-12-7-13-21-31;1-5(2,3)4/h5-13,16-23,26-27H,1-4,14-15,24-25H2,(H3-,36,37,38,39,40);1H3,(H,2,3,4). The number of phenols is 3. The molecular weight excluding hydrogens is 621 g/mol. The van der Waals surface area contributed by atoms with Crippen LogP contribution in [0.2, 0.25) is 0 Å². The molecule has 0 radical (unpaired) electrons. The van der Waals surface area contributed by atoms with Gasteiger partial charge in [-0.1, -0.05) is 73.9 Å². The predicted molar refractivity (Wildman–Crippen MR) is 187 cm³/mol. The summed E-state index contributed by atoms with van der Waals surface area (Å²) in [5.41, 5.74) is 0.422. The van der Waals surface area contributed by atoms with Crippen LogP contribution in [-0.4, -0.2) is 53.2 Å². The van der Waals surface area contributed by atoms with Crippen LogP contribution in [0.25, 0.3) is 6.08 Å². The monoisotopic (exact) mass is 663 g/mol. The van der Waals surface area contributed by atoms with Crippen molar-refractivity contribution in [3.05, 3.63) is 115 Å². The Hall–Kier alpha value is -4.17. The third-order valence-corrected chi connectivity index (χ3v) is 11.9. The van der Waals surface area contributed by atoms with Gasteiger partial charge in [-0.15, -0.1) is 0 Å². The van der Waals surface area contributed by atoms with Crippen molar-refractivity contribution in [2.24, 2.45) is 0 Å². The SMILES string of the molecule is CS(=O)(=O)[O-].O=C(/C=C/c1cc(O)c(O)c(O)c1)NCCCCCCCC[P+](c1ccccc1)(c1ccccc1)c1ccccc1. The van der Waals surface area contributed by atoms with E-state index in [1.165, 1.54) is 53.0 Å². The number of aromatic hydroxyl groups is 3. The molecule has 0 aliphatic heterocycles. The molecule has 0 spiro atoms. The second-order valence-corrected chi connectivity index (χ2v) is 15.9. The van der Waals surface area contributed by atoms with Crippen LogP contribution in [0, 0.1) is 0 Å². The van der Waals surface area contributed by atoms with E-state index in [9.17, 15) is 20.1 Å². The molecule has 0 aliphatic rings. The number of unbranched alkanes of at least 4 members (excludes halogenated alkanes) is 5. The van der Waals surface area contributed by atoms with Gasteiger partial charge in [0, 0.05) is 18.9 Å². The Kier molecular flexibility index (Phi) is 14.3. The van der Waals surface area contributed by atoms with Crippen LogP contribution >= 0.6 is 7.26 Å². The molecule has 4 N–H and O–H groups in total. The lowest BCUT2D eigenvalue weighted by Gasteiger charge is -2.27. The van der Waals surface area contributed by atoms with Crippen molar-refractivity contribution in [2.75, 3.05) is 19.0 Å². The normalized spacial score (nSPS) is 11.5. The van der Waals surface area contributed by atoms with Gasteiger partial charge < -0.3 is 25.2 Å². The maximum Gasteiger partial charge on any atom is 0.243 e. The third kappa shape index (κ3) is 11.6. The number of nitrogens with one attached hydrogen (secondary N) is 1. The third-order valence-electron chi connectivity index (χ3n) is 7.33. The van der Waals surface area contributed by atoms with E-state index in [4.69, 9.17) is 13.0 Å². The first kappa shape index (κ1) is 36.3. The summed E-state index contributed by atoms with van der Waals surface area (Å²) in [5, 5.41) is 35.7. The van der Waals surface area contributed by atoms with Gasteiger partial charge in [0.1, 0.15) is 23.2 Å². The highest BCUT2D eigenvalue weighted by molar-refractivity contribution is 7.95. The van der Waals surface area contributed by atoms with Crippen LogP contribution < -0.4 is 21.2 Å². The van der Waals surface area contributed by atoms with Gasteiger partial charge in [-0.05, 0) is 79.4 Å². The molecule has 10 heteroatoms. The second-order valence-electron chi connectivity index (χ2n) is 10.9. The van der Waals surface area contributed by atoms with Gasteiger partial charge >= 0.3 is 0 Å². The molecule has 0 aliphatic carbocycles. The first-order chi connectivity index (χ1) is 22.0. The summed E-state index contributed by atoms with van der Waals surface area (Å²) in [6.07, 6.45) is 11.2. The zero-order valence-corrected chi connectivity index (χ0v) is 27.7. The molecule has 0 bridgehead atoms. The summed E-state index contributed by atoms with van der Waals surface area (Å²) in [6.45, 7) is 0.597. The maximum atomic E-state index is 12.1. The van der Waals surface area contributed by atoms with Crippen LogP contribution in [0.1, 0.15) is 44.1 Å². The summed E-state index contributed by atoms with van der Waals surface area (Å²) in [5.74, 6) is -1.67. The number of hydrogen-bond acceptors (Lipinski definition) is 7. The number of phenolic OH excluding ortho intramolecular Hbond substituents is 3. The van der Waals surface area contributed by atoms with E-state index in [1.54, 1.807) is 0 Å². The lowest BCUT2D eigenvalue weighted by Crippen LogP contribution is -2.33. The highest BCUT2D eigenvalue weighted by atomic mass is 32.2. The molecule has 8 nitrogen and oxygen atoms in total. The highest BCUT2D eigenvalue weighted by Crippen LogP contribution is 2.56. The van der Waals surface area contributed by atoms with Crippen molar-refractivity contribution in [1.82, 2.24) is 5.32 Å². The molecule has 0 heterocycles. The van der Waals surface area contributed by atoms with E-state index in [-0.39, 0.29) is 5.91 Å². The molecule has 4 aromatic rings. The van der Waals surface area contributed by atoms with Crippen LogP contribution in [0.15, 0.2) is 109 Å². The summed E-state index contributed by atoms with van der Waals surface area (Å²) in [4.78, 5) is 12.1. The smallest absolute Gasteiger partial charge is 0.243 e. The number of hydrogen-bond donors (Lipinski definition) is 4. The fourth-order valence-corrected chi connectivity index (χ4v) is 9.64. The fraction of sp³-hybridized carbons (Fsp3) is 0.250. The Balaban J connectivity index is 0.00000107. The topological polar surface area (TPSA) is 147 Å². The highest BCUT2D eigenvalue weighted by Gasteiger charge is 2.44. The second kappa shape index (κ2) is 18.1. The molecule has 4 rings (SSSR count). The van der Waals surface area contributed by atoms with Crippen LogP contribution in [0.4, 0.5) is 0 Å². The molecule has 0 fully saturated rings. The molecule has 0 saturated heterocycles. The Morgan fingerprint density at radius 2 is 1.11 bits per heavy atom. The Labute approximate surface area is 272 Å². The van der Waals surface area contributed by atoms with E-state index >= 15 is 0 Å². The van der Waals surface area contributed by atoms with Gasteiger partial charge in [0.15, 0.2) is 17.2 Å². The molecule has 0 atom stereocenters. The van der Waals surface area contributed by atoms with E-state index < -0.39 is 34.6 Å². The quantitative estimate of drug-likeness (QED) is 0.0463. The number of benzene rings is 4. The summed E-state index contributed by atoms with van der Waals surface area (Å²) in [7, 11) is -5.68. The van der Waals surface area contributed by atoms with Gasteiger partial charge in [0.25, 0.3) is 0 Å². The van der Waals surface area contributed by atoms with Crippen molar-refractivity contribution in [1.29, 1.82) is 0 Å². The lowest BCUT2D eigenvalue weighted by atomic mass is 10.1. The van der Waals surface area contributed by atoms with E-state index in [0.717, 1.165) is 31.8 Å². The Bertz CT molecular complexity index is 1520. The molecule has 0 unspecified atom stereocenters. The summed E-state index contributed by atoms with van der Waals surface area (Å²) < 4.78 is 27.2. The minimum Gasteiger partial charge on any atom is -0.748 e. The molecular formula is C36H42NO7PS. The summed E-state index contributed by atoms with van der Waals surface area (Å²) >= 11 is 0. The van der Waals surface area contributed by atoms with Gasteiger partial charge in [-0.2, -0.15) is 0 Å². The van der Waals surface area contributed by atoms with Crippen LogP contribution in [0.3, 0.4) is 0 Å². The van der Waals surface area contributed by atoms with Gasteiger partial charge in [0.2, 0.25) is 5.91 Å². The number of carbonyl (C=O) groups excluding carboxylic acids is 1. The number of amides is 1. The first-order valence-electron chi connectivity index (χ1n) is 15.2. The molecule has 0 saturated carbocycles. The first-order valence-corrected chi connectivity index (χ1v) is 19.0. The Morgan fingerprint density at radius 3 is 1.54 bits per heavy atom. The lowest BCUT2D eigenvalue weighted by molar-refractivity contribution is -0.116. The molecule has 1 amide bonds. The van der Waals surface area contributed by atoms with E-state index in [2.05, 4.69) is 96.3 Å². The average molecular weight is 664 g/mol. The van der Waals surface area contributed by atoms with Crippen molar-refractivity contribution < 1.29 is 33.1 Å². The molecule has 4 aromatic carbocycles. The summed E-state index contributed by atoms with van der Waals surface area (Å²) in [6, 6.07) is 35.6. The molecule has 46 heavy (non-hydrogen) atoms. The minimum absolute atomic E-state index is 0.236. The van der Waals surface area contributed by atoms with Crippen LogP contribution in [-0.2, 0) is 14.9 Å². The zero-order chi connectivity index (χ0) is 33.4. The van der Waals surface area contributed by atoms with Crippen molar-refractivity contribution in [3.63, 3.8) is 0 Å². The van der Waals surface area contributed by atoms with Crippen molar-refractivity contribution >= 4 is 45.3 Å². The van der Waals surface area contributed by atoms with Gasteiger partial charge in [-0.25, -0.2) is 8.42 Å². The fourth-order valence-electron chi connectivity index (χ4n) is 5.23. The predicted octanol–water partition coefficient (Wildman–Crippen LogP) is 5.43. The zero-order valence-electron chi connectivity index (χ0n) is 26.0. The van der Waals surface area contributed by atoms with Gasteiger partial charge in [-0.3, -0.25) is 4.79 Å². The van der Waals surface area contributed by atoms with Crippen LogP contribution in [0.5, 0.6) is 17.2 Å². The molecule has 0 aromatic heterocycles. The number of carbonyl (C=O) groups is 1. The van der Waals surface area contributed by atoms with Crippen molar-refractivity contribution in [2.45, 2.75) is 38.5 Å². The van der Waals surface area contributed by atoms with E-state index in [1.807, 2.05) is 0 Å². The largest absolute Gasteiger partial charge is 0.748 e. The average Bonchev–Trinajstić information content (AvgIpc) is 3.04. The molecule has 244 valence electrons. The van der Waals surface area contributed by atoms with Crippen molar-refractivity contribution in [3.8, 4) is 17.2 Å². The minimum atomic E-state index is -3.92. The Morgan fingerprint density at radius 1 is 0.717 bits per heavy atom. The number of rotatable bonds is 14. The van der Waals surface area contributed by atoms with Gasteiger partial charge in [0.05, 0.1) is 16.3 Å². The maximum absolute atomic E-state index is 12.1.